The van der Waals surface area contributed by atoms with E-state index in [0.717, 1.165) is 17.2 Å². The molecule has 26 heavy (non-hydrogen) atoms. The zero-order chi connectivity index (χ0) is 19.4. The van der Waals surface area contributed by atoms with Gasteiger partial charge in [-0.1, -0.05) is 23.7 Å². The van der Waals surface area contributed by atoms with Crippen molar-refractivity contribution in [1.82, 2.24) is 0 Å². The minimum absolute atomic E-state index is 0.00253. The smallest absolute Gasteiger partial charge is 0.340 e. The largest absolute Gasteiger partial charge is 0.449 e. The molecule has 0 aliphatic heterocycles. The molecule has 2 aromatic rings. The minimum atomic E-state index is -1.11. The summed E-state index contributed by atoms with van der Waals surface area (Å²) in [5.41, 5.74) is 2.06. The van der Waals surface area contributed by atoms with Crippen LogP contribution in [-0.4, -0.2) is 22.9 Å². The molecular weight excluding hydrogens is 360 g/mol. The molecule has 2 aromatic carbocycles. The summed E-state index contributed by atoms with van der Waals surface area (Å²) in [5.74, 6) is -1.43. The number of halogens is 1. The van der Waals surface area contributed by atoms with E-state index in [4.69, 9.17) is 16.3 Å². The van der Waals surface area contributed by atoms with Crippen LogP contribution in [0.4, 0.5) is 11.4 Å². The van der Waals surface area contributed by atoms with Crippen LogP contribution in [0.25, 0.3) is 0 Å². The fraction of sp³-hybridized carbons (Fsp3) is 0.222. The fourth-order valence-corrected chi connectivity index (χ4v) is 2.38. The summed E-state index contributed by atoms with van der Waals surface area (Å²) in [4.78, 5) is 34.7. The highest BCUT2D eigenvalue weighted by atomic mass is 35.5. The van der Waals surface area contributed by atoms with Crippen LogP contribution in [0.15, 0.2) is 36.4 Å². The van der Waals surface area contributed by atoms with Crippen LogP contribution in [-0.2, 0) is 9.53 Å². The van der Waals surface area contributed by atoms with E-state index in [0.29, 0.717) is 5.69 Å². The first kappa shape index (κ1) is 19.4. The molecule has 2 rings (SSSR count). The van der Waals surface area contributed by atoms with Gasteiger partial charge in [-0.15, -0.1) is 0 Å². The van der Waals surface area contributed by atoms with E-state index in [1.807, 2.05) is 19.9 Å². The van der Waals surface area contributed by atoms with Crippen LogP contribution >= 0.6 is 11.6 Å². The number of nitro benzene ring substituents is 1. The highest BCUT2D eigenvalue weighted by Gasteiger charge is 2.23. The fourth-order valence-electron chi connectivity index (χ4n) is 2.18. The highest BCUT2D eigenvalue weighted by Crippen LogP contribution is 2.23. The van der Waals surface area contributed by atoms with Crippen molar-refractivity contribution in [3.8, 4) is 0 Å². The second-order valence-electron chi connectivity index (χ2n) is 5.71. The summed E-state index contributed by atoms with van der Waals surface area (Å²) >= 11 is 5.90. The molecule has 7 nitrogen and oxygen atoms in total. The van der Waals surface area contributed by atoms with Gasteiger partial charge in [-0.05, 0) is 44.0 Å². The molecule has 0 saturated heterocycles. The van der Waals surface area contributed by atoms with Crippen molar-refractivity contribution in [2.24, 2.45) is 0 Å². The number of nitrogens with zero attached hydrogens (tertiary/aromatic N) is 1. The molecule has 136 valence electrons. The number of carbonyl (C=O) groups is 2. The lowest BCUT2D eigenvalue weighted by Gasteiger charge is -2.15. The number of non-ortho nitro benzene ring substituents is 1. The van der Waals surface area contributed by atoms with Crippen LogP contribution < -0.4 is 5.32 Å². The molecule has 0 heterocycles. The van der Waals surface area contributed by atoms with Crippen LogP contribution in [0.2, 0.25) is 5.02 Å². The lowest BCUT2D eigenvalue weighted by Crippen LogP contribution is -2.30. The van der Waals surface area contributed by atoms with Gasteiger partial charge in [0.2, 0.25) is 0 Å². The lowest BCUT2D eigenvalue weighted by atomic mass is 10.1. The molecule has 0 saturated carbocycles. The number of nitrogens with one attached hydrogen (secondary N) is 1. The van der Waals surface area contributed by atoms with Gasteiger partial charge in [-0.25, -0.2) is 4.79 Å². The van der Waals surface area contributed by atoms with Crippen molar-refractivity contribution in [3.63, 3.8) is 0 Å². The lowest BCUT2D eigenvalue weighted by molar-refractivity contribution is -0.384. The Morgan fingerprint density at radius 1 is 1.23 bits per heavy atom. The van der Waals surface area contributed by atoms with Crippen molar-refractivity contribution in [2.45, 2.75) is 26.9 Å². The second kappa shape index (κ2) is 7.97. The maximum Gasteiger partial charge on any atom is 0.340 e. The molecule has 0 fully saturated rings. The van der Waals surface area contributed by atoms with Crippen LogP contribution in [0.5, 0.6) is 0 Å². The van der Waals surface area contributed by atoms with Gasteiger partial charge in [-0.2, -0.15) is 0 Å². The summed E-state index contributed by atoms with van der Waals surface area (Å²) < 4.78 is 5.10. The monoisotopic (exact) mass is 376 g/mol. The van der Waals surface area contributed by atoms with Gasteiger partial charge in [-0.3, -0.25) is 14.9 Å². The predicted molar refractivity (Wildman–Crippen MR) is 97.5 cm³/mol. The molecule has 0 aromatic heterocycles. The maximum atomic E-state index is 12.3. The quantitative estimate of drug-likeness (QED) is 0.482. The number of carbonyl (C=O) groups excluding carboxylic acids is 2. The van der Waals surface area contributed by atoms with Crippen molar-refractivity contribution in [2.75, 3.05) is 5.32 Å². The molecule has 0 radical (unpaired) electrons. The Morgan fingerprint density at radius 2 is 1.92 bits per heavy atom. The second-order valence-corrected chi connectivity index (χ2v) is 6.11. The number of hydrogen-bond acceptors (Lipinski definition) is 5. The van der Waals surface area contributed by atoms with Crippen molar-refractivity contribution < 1.29 is 19.2 Å². The number of ether oxygens (including phenoxy) is 1. The molecule has 8 heteroatoms. The van der Waals surface area contributed by atoms with Crippen LogP contribution in [0.1, 0.15) is 28.4 Å². The first-order valence-electron chi connectivity index (χ1n) is 7.72. The Balaban J connectivity index is 2.11. The topological polar surface area (TPSA) is 98.5 Å². The van der Waals surface area contributed by atoms with Gasteiger partial charge in [0.25, 0.3) is 11.6 Å². The molecule has 1 amide bonds. The van der Waals surface area contributed by atoms with Gasteiger partial charge in [0, 0.05) is 17.8 Å². The molecule has 0 spiro atoms. The maximum absolute atomic E-state index is 12.3. The number of anilines is 1. The van der Waals surface area contributed by atoms with E-state index in [2.05, 4.69) is 5.32 Å². The number of nitro groups is 1. The number of amides is 1. The van der Waals surface area contributed by atoms with Gasteiger partial charge in [0.15, 0.2) is 6.10 Å². The van der Waals surface area contributed by atoms with Crippen LogP contribution in [0.3, 0.4) is 0 Å². The number of hydrogen-bond donors (Lipinski definition) is 1. The normalized spacial score (nSPS) is 11.5. The number of rotatable bonds is 5. The molecule has 1 unspecified atom stereocenters. The molecule has 1 atom stereocenters. The third-order valence-corrected chi connectivity index (χ3v) is 4.23. The Labute approximate surface area is 155 Å². The SMILES string of the molecule is Cc1cccc(NC(=O)C(C)OC(=O)c2cc([N+](=O)[O-])ccc2Cl)c1C. The third-order valence-electron chi connectivity index (χ3n) is 3.90. The Bertz CT molecular complexity index is 882. The van der Waals surface area contributed by atoms with Crippen molar-refractivity contribution >= 4 is 34.9 Å². The van der Waals surface area contributed by atoms with E-state index >= 15 is 0 Å². The van der Waals surface area contributed by atoms with Gasteiger partial charge in [0.05, 0.1) is 15.5 Å². The highest BCUT2D eigenvalue weighted by molar-refractivity contribution is 6.33. The first-order chi connectivity index (χ1) is 12.2. The molecule has 0 bridgehead atoms. The zero-order valence-electron chi connectivity index (χ0n) is 14.4. The third kappa shape index (κ3) is 4.37. The molecular formula is C18H17ClN2O5. The average Bonchev–Trinajstić information content (AvgIpc) is 2.58. The first-order valence-corrected chi connectivity index (χ1v) is 8.10. The summed E-state index contributed by atoms with van der Waals surface area (Å²) in [7, 11) is 0. The zero-order valence-corrected chi connectivity index (χ0v) is 15.2. The predicted octanol–water partition coefficient (Wildman–Crippen LogP) is 4.05. The van der Waals surface area contributed by atoms with Crippen LogP contribution in [0, 0.1) is 24.0 Å². The molecule has 0 aliphatic carbocycles. The van der Waals surface area contributed by atoms with E-state index in [1.54, 1.807) is 12.1 Å². The summed E-state index contributed by atoms with van der Waals surface area (Å²) in [5, 5.41) is 13.5. The average molecular weight is 377 g/mol. The Kier molecular flexibility index (Phi) is 5.94. The molecule has 1 N–H and O–H groups in total. The van der Waals surface area contributed by atoms with E-state index < -0.39 is 22.9 Å². The summed E-state index contributed by atoms with van der Waals surface area (Å²) in [6, 6.07) is 8.88. The van der Waals surface area contributed by atoms with Gasteiger partial charge >= 0.3 is 5.97 Å². The van der Waals surface area contributed by atoms with Crippen molar-refractivity contribution in [3.05, 3.63) is 68.2 Å². The summed E-state index contributed by atoms with van der Waals surface area (Å²) in [6.07, 6.45) is -1.11. The van der Waals surface area contributed by atoms with Crippen molar-refractivity contribution in [1.29, 1.82) is 0 Å². The van der Waals surface area contributed by atoms with E-state index in [-0.39, 0.29) is 16.3 Å². The standard InChI is InChI=1S/C18H17ClN2O5/c1-10-5-4-6-16(11(10)2)20-17(22)12(3)26-18(23)14-9-13(21(24)25)7-8-15(14)19/h4-9,12H,1-3H3,(H,20,22). The summed E-state index contributed by atoms with van der Waals surface area (Å²) in [6.45, 7) is 5.19. The van der Waals surface area contributed by atoms with Gasteiger partial charge in [0.1, 0.15) is 0 Å². The number of aryl methyl sites for hydroxylation is 1. The number of esters is 1. The van der Waals surface area contributed by atoms with E-state index in [1.165, 1.54) is 19.1 Å². The number of benzene rings is 2. The Morgan fingerprint density at radius 3 is 2.58 bits per heavy atom. The Hall–Kier alpha value is -2.93. The minimum Gasteiger partial charge on any atom is -0.449 e. The molecule has 0 aliphatic rings. The van der Waals surface area contributed by atoms with E-state index in [9.17, 15) is 19.7 Å². The van der Waals surface area contributed by atoms with Gasteiger partial charge < -0.3 is 10.1 Å².